The van der Waals surface area contributed by atoms with Gasteiger partial charge in [0.25, 0.3) is 0 Å². The summed E-state index contributed by atoms with van der Waals surface area (Å²) in [5.74, 6) is -0.917. The van der Waals surface area contributed by atoms with Crippen molar-refractivity contribution in [1.82, 2.24) is 9.88 Å². The normalized spacial score (nSPS) is 11.0. The fourth-order valence-corrected chi connectivity index (χ4v) is 2.84. The molecule has 4 nitrogen and oxygen atoms in total. The van der Waals surface area contributed by atoms with Crippen molar-refractivity contribution in [3.8, 4) is 10.6 Å². The SMILES string of the molecule is CCCCN(C)Cc1nc(-c2cccs2)ccc1C(=O)O. The van der Waals surface area contributed by atoms with Gasteiger partial charge in [0.1, 0.15) is 0 Å². The number of nitrogens with zero attached hydrogens (tertiary/aromatic N) is 2. The molecule has 0 aliphatic carbocycles. The van der Waals surface area contributed by atoms with Gasteiger partial charge in [-0.15, -0.1) is 11.3 Å². The van der Waals surface area contributed by atoms with Crippen molar-refractivity contribution in [2.45, 2.75) is 26.3 Å². The molecule has 0 fully saturated rings. The minimum absolute atomic E-state index is 0.290. The van der Waals surface area contributed by atoms with Crippen LogP contribution in [0.15, 0.2) is 29.6 Å². The lowest BCUT2D eigenvalue weighted by molar-refractivity contribution is 0.0694. The van der Waals surface area contributed by atoms with Crippen LogP contribution >= 0.6 is 11.3 Å². The van der Waals surface area contributed by atoms with Gasteiger partial charge in [-0.25, -0.2) is 9.78 Å². The quantitative estimate of drug-likeness (QED) is 0.846. The molecule has 2 rings (SSSR count). The fourth-order valence-electron chi connectivity index (χ4n) is 2.14. The van der Waals surface area contributed by atoms with E-state index in [0.29, 0.717) is 17.8 Å². The van der Waals surface area contributed by atoms with E-state index >= 15 is 0 Å². The first-order valence-electron chi connectivity index (χ1n) is 7.07. The first kappa shape index (κ1) is 15.7. The number of rotatable bonds is 7. The van der Waals surface area contributed by atoms with Gasteiger partial charge in [-0.1, -0.05) is 19.4 Å². The Bertz CT molecular complexity index is 596. The van der Waals surface area contributed by atoms with E-state index in [1.165, 1.54) is 0 Å². The second-order valence-electron chi connectivity index (χ2n) is 5.06. The lowest BCUT2D eigenvalue weighted by atomic mass is 10.1. The number of hydrogen-bond donors (Lipinski definition) is 1. The predicted molar refractivity (Wildman–Crippen MR) is 85.8 cm³/mol. The van der Waals surface area contributed by atoms with Crippen LogP contribution in [-0.4, -0.2) is 34.6 Å². The van der Waals surface area contributed by atoms with Crippen molar-refractivity contribution in [2.75, 3.05) is 13.6 Å². The van der Waals surface area contributed by atoms with E-state index in [9.17, 15) is 9.90 Å². The van der Waals surface area contributed by atoms with Gasteiger partial charge in [-0.2, -0.15) is 0 Å². The van der Waals surface area contributed by atoms with E-state index in [4.69, 9.17) is 0 Å². The predicted octanol–water partition coefficient (Wildman–Crippen LogP) is 3.74. The number of carbonyl (C=O) groups is 1. The minimum Gasteiger partial charge on any atom is -0.478 e. The zero-order valence-corrected chi connectivity index (χ0v) is 13.2. The van der Waals surface area contributed by atoms with Crippen LogP contribution in [0.2, 0.25) is 0 Å². The first-order valence-corrected chi connectivity index (χ1v) is 7.95. The molecule has 0 saturated carbocycles. The molecule has 0 spiro atoms. The summed E-state index contributed by atoms with van der Waals surface area (Å²) in [7, 11) is 2.00. The molecule has 2 heterocycles. The molecule has 1 N–H and O–H groups in total. The summed E-state index contributed by atoms with van der Waals surface area (Å²) >= 11 is 1.61. The minimum atomic E-state index is -0.917. The van der Waals surface area contributed by atoms with Crippen LogP contribution in [0.5, 0.6) is 0 Å². The highest BCUT2D eigenvalue weighted by atomic mass is 32.1. The Morgan fingerprint density at radius 3 is 2.81 bits per heavy atom. The Morgan fingerprint density at radius 2 is 2.19 bits per heavy atom. The Labute approximate surface area is 129 Å². The number of pyridine rings is 1. The number of aromatic carboxylic acids is 1. The lowest BCUT2D eigenvalue weighted by Crippen LogP contribution is -2.21. The molecule has 5 heteroatoms. The van der Waals surface area contributed by atoms with Crippen molar-refractivity contribution in [3.05, 3.63) is 40.9 Å². The monoisotopic (exact) mass is 304 g/mol. The highest BCUT2D eigenvalue weighted by molar-refractivity contribution is 7.13. The van der Waals surface area contributed by atoms with E-state index in [1.807, 2.05) is 24.6 Å². The summed E-state index contributed by atoms with van der Waals surface area (Å²) < 4.78 is 0. The Morgan fingerprint density at radius 1 is 1.38 bits per heavy atom. The third-order valence-electron chi connectivity index (χ3n) is 3.29. The van der Waals surface area contributed by atoms with Gasteiger partial charge in [0.05, 0.1) is 21.8 Å². The summed E-state index contributed by atoms with van der Waals surface area (Å²) in [6, 6.07) is 7.41. The first-order chi connectivity index (χ1) is 10.1. The maximum absolute atomic E-state index is 11.4. The number of hydrogen-bond acceptors (Lipinski definition) is 4. The average Bonchev–Trinajstić information content (AvgIpc) is 2.99. The molecular weight excluding hydrogens is 284 g/mol. The molecule has 0 aliphatic heterocycles. The van der Waals surface area contributed by atoms with Gasteiger partial charge in [-0.3, -0.25) is 0 Å². The van der Waals surface area contributed by atoms with Crippen molar-refractivity contribution in [1.29, 1.82) is 0 Å². The molecule has 112 valence electrons. The summed E-state index contributed by atoms with van der Waals surface area (Å²) in [6.45, 7) is 3.65. The van der Waals surface area contributed by atoms with Crippen LogP contribution in [0.4, 0.5) is 0 Å². The number of thiophene rings is 1. The standard InChI is InChI=1S/C16H20N2O2S/c1-3-4-9-18(2)11-14-12(16(19)20)7-8-13(17-14)15-6-5-10-21-15/h5-8,10H,3-4,9,11H2,1-2H3,(H,19,20). The molecule has 0 amide bonds. The lowest BCUT2D eigenvalue weighted by Gasteiger charge is -2.17. The van der Waals surface area contributed by atoms with E-state index in [2.05, 4.69) is 16.8 Å². The molecule has 0 aliphatic rings. The van der Waals surface area contributed by atoms with Gasteiger partial charge in [0.15, 0.2) is 0 Å². The summed E-state index contributed by atoms with van der Waals surface area (Å²) in [5.41, 5.74) is 1.76. The molecule has 2 aromatic heterocycles. The van der Waals surface area contributed by atoms with Crippen molar-refractivity contribution < 1.29 is 9.90 Å². The van der Waals surface area contributed by atoms with Crippen LogP contribution < -0.4 is 0 Å². The van der Waals surface area contributed by atoms with Crippen molar-refractivity contribution in [2.24, 2.45) is 0 Å². The van der Waals surface area contributed by atoms with Crippen LogP contribution in [-0.2, 0) is 6.54 Å². The second-order valence-corrected chi connectivity index (χ2v) is 6.01. The van der Waals surface area contributed by atoms with Crippen LogP contribution in [0, 0.1) is 0 Å². The topological polar surface area (TPSA) is 53.4 Å². The number of carboxylic acids is 1. The molecule has 0 unspecified atom stereocenters. The summed E-state index contributed by atoms with van der Waals surface area (Å²) in [5, 5.41) is 11.3. The van der Waals surface area contributed by atoms with Crippen molar-refractivity contribution in [3.63, 3.8) is 0 Å². The summed E-state index contributed by atoms with van der Waals surface area (Å²) in [6.07, 6.45) is 2.22. The fraction of sp³-hybridized carbons (Fsp3) is 0.375. The zero-order valence-electron chi connectivity index (χ0n) is 12.4. The third-order valence-corrected chi connectivity index (χ3v) is 4.18. The zero-order chi connectivity index (χ0) is 15.2. The smallest absolute Gasteiger partial charge is 0.337 e. The Hall–Kier alpha value is -1.72. The maximum Gasteiger partial charge on any atom is 0.337 e. The molecule has 2 aromatic rings. The Balaban J connectivity index is 2.27. The van der Waals surface area contributed by atoms with Gasteiger partial charge < -0.3 is 10.0 Å². The molecule has 0 bridgehead atoms. The van der Waals surface area contributed by atoms with Gasteiger partial charge in [-0.05, 0) is 43.6 Å². The van der Waals surface area contributed by atoms with Gasteiger partial charge >= 0.3 is 5.97 Å². The molecule has 0 atom stereocenters. The number of unbranched alkanes of at least 4 members (excludes halogenated alkanes) is 1. The van der Waals surface area contributed by atoms with Gasteiger partial charge in [0, 0.05) is 6.54 Å². The average molecular weight is 304 g/mol. The number of carboxylic acid groups (broad SMARTS) is 1. The van der Waals surface area contributed by atoms with E-state index in [1.54, 1.807) is 23.5 Å². The molecular formula is C16H20N2O2S. The van der Waals surface area contributed by atoms with Crippen molar-refractivity contribution >= 4 is 17.3 Å². The number of aromatic nitrogens is 1. The Kier molecular flexibility index (Phi) is 5.47. The highest BCUT2D eigenvalue weighted by Gasteiger charge is 2.15. The molecule has 0 aromatic carbocycles. The van der Waals surface area contributed by atoms with Crippen LogP contribution in [0.3, 0.4) is 0 Å². The van der Waals surface area contributed by atoms with Crippen LogP contribution in [0.25, 0.3) is 10.6 Å². The highest BCUT2D eigenvalue weighted by Crippen LogP contribution is 2.24. The van der Waals surface area contributed by atoms with E-state index in [-0.39, 0.29) is 0 Å². The summed E-state index contributed by atoms with van der Waals surface area (Å²) in [4.78, 5) is 19.1. The van der Waals surface area contributed by atoms with Gasteiger partial charge in [0.2, 0.25) is 0 Å². The maximum atomic E-state index is 11.4. The largest absolute Gasteiger partial charge is 0.478 e. The van der Waals surface area contributed by atoms with E-state index in [0.717, 1.165) is 30.0 Å². The molecule has 0 saturated heterocycles. The second kappa shape index (κ2) is 7.33. The van der Waals surface area contributed by atoms with E-state index < -0.39 is 5.97 Å². The molecule has 0 radical (unpaired) electrons. The van der Waals surface area contributed by atoms with Crippen LogP contribution in [0.1, 0.15) is 35.8 Å². The third kappa shape index (κ3) is 4.12. The molecule has 21 heavy (non-hydrogen) atoms.